The van der Waals surface area contributed by atoms with Crippen LogP contribution in [0.4, 0.5) is 4.79 Å². The van der Waals surface area contributed by atoms with Crippen molar-refractivity contribution in [3.63, 3.8) is 0 Å². The largest absolute Gasteiger partial charge is 0.508 e. The van der Waals surface area contributed by atoms with Crippen LogP contribution in [0.1, 0.15) is 83.7 Å². The topological polar surface area (TPSA) is 35.5 Å². The Labute approximate surface area is 240 Å². The highest BCUT2D eigenvalue weighted by molar-refractivity contribution is 5.59. The van der Waals surface area contributed by atoms with E-state index in [4.69, 9.17) is 9.47 Å². The Morgan fingerprint density at radius 3 is 1.23 bits per heavy atom. The van der Waals surface area contributed by atoms with E-state index in [0.29, 0.717) is 25.0 Å². The molecule has 3 heteroatoms. The number of hydrogen-bond donors (Lipinski definition) is 0. The first kappa shape index (κ1) is 29.1. The van der Waals surface area contributed by atoms with E-state index in [2.05, 4.69) is 123 Å². The molecule has 4 aromatic carbocycles. The van der Waals surface area contributed by atoms with Crippen molar-refractivity contribution in [3.05, 3.63) is 143 Å². The number of benzene rings is 4. The van der Waals surface area contributed by atoms with E-state index in [0.717, 1.165) is 38.5 Å². The summed E-state index contributed by atoms with van der Waals surface area (Å²) in [7, 11) is 0. The summed E-state index contributed by atoms with van der Waals surface area (Å²) >= 11 is 0. The first-order valence-corrected chi connectivity index (χ1v) is 14.6. The molecule has 208 valence electrons. The van der Waals surface area contributed by atoms with E-state index in [1.807, 2.05) is 0 Å². The Bertz CT molecular complexity index is 1160. The van der Waals surface area contributed by atoms with Crippen LogP contribution in [-0.4, -0.2) is 19.4 Å². The summed E-state index contributed by atoms with van der Waals surface area (Å²) < 4.78 is 10.7. The maximum absolute atomic E-state index is 12.1. The number of hydrogen-bond acceptors (Lipinski definition) is 3. The van der Waals surface area contributed by atoms with Gasteiger partial charge in [0, 0.05) is 11.8 Å². The molecule has 4 aromatic rings. The van der Waals surface area contributed by atoms with Gasteiger partial charge in [-0.3, -0.25) is 0 Å². The standard InChI is InChI=1S/C37H42O3/c1-29-19-23-33(24-20-29)35(31-13-5-3-6-14-31)17-9-11-27-39-37(38)40-28-12-10-18-36(32-15-7-4-8-16-32)34-25-21-30(2)22-26-34/h3-8,13-16,19-26,35-36H,9-12,17-18,27-28H2,1-2H3. The van der Waals surface area contributed by atoms with Crippen LogP contribution < -0.4 is 0 Å². The molecule has 40 heavy (non-hydrogen) atoms. The van der Waals surface area contributed by atoms with Crippen molar-refractivity contribution >= 4 is 6.16 Å². The van der Waals surface area contributed by atoms with Crippen molar-refractivity contribution in [1.29, 1.82) is 0 Å². The fourth-order valence-corrected chi connectivity index (χ4v) is 5.27. The van der Waals surface area contributed by atoms with E-state index in [-0.39, 0.29) is 0 Å². The van der Waals surface area contributed by atoms with Crippen LogP contribution in [0.25, 0.3) is 0 Å². The van der Waals surface area contributed by atoms with Crippen LogP contribution >= 0.6 is 0 Å². The van der Waals surface area contributed by atoms with Gasteiger partial charge in [-0.1, -0.05) is 120 Å². The zero-order valence-corrected chi connectivity index (χ0v) is 23.9. The van der Waals surface area contributed by atoms with Crippen molar-refractivity contribution in [1.82, 2.24) is 0 Å². The second-order valence-corrected chi connectivity index (χ2v) is 10.7. The maximum Gasteiger partial charge on any atom is 0.508 e. The van der Waals surface area contributed by atoms with Crippen molar-refractivity contribution in [2.45, 2.75) is 64.2 Å². The molecule has 0 aliphatic rings. The van der Waals surface area contributed by atoms with Gasteiger partial charge >= 0.3 is 6.16 Å². The monoisotopic (exact) mass is 534 g/mol. The van der Waals surface area contributed by atoms with Gasteiger partial charge in [0.1, 0.15) is 0 Å². The Kier molecular flexibility index (Phi) is 11.4. The van der Waals surface area contributed by atoms with Crippen LogP contribution in [0, 0.1) is 13.8 Å². The van der Waals surface area contributed by atoms with E-state index < -0.39 is 6.16 Å². The summed E-state index contributed by atoms with van der Waals surface area (Å²) in [6.45, 7) is 5.00. The SMILES string of the molecule is Cc1ccc(C(CCCCOC(=O)OCCCCC(c2ccccc2)c2ccc(C)cc2)c2ccccc2)cc1. The molecule has 0 aliphatic heterocycles. The van der Waals surface area contributed by atoms with Crippen molar-refractivity contribution in [3.8, 4) is 0 Å². The van der Waals surface area contributed by atoms with E-state index in [1.165, 1.54) is 33.4 Å². The lowest BCUT2D eigenvalue weighted by atomic mass is 9.87. The van der Waals surface area contributed by atoms with E-state index >= 15 is 0 Å². The van der Waals surface area contributed by atoms with Gasteiger partial charge in [0.05, 0.1) is 13.2 Å². The van der Waals surface area contributed by atoms with Gasteiger partial charge in [-0.2, -0.15) is 0 Å². The highest BCUT2D eigenvalue weighted by atomic mass is 16.7. The molecule has 0 aromatic heterocycles. The minimum absolute atomic E-state index is 0.341. The van der Waals surface area contributed by atoms with Crippen molar-refractivity contribution in [2.24, 2.45) is 0 Å². The van der Waals surface area contributed by atoms with Gasteiger partial charge < -0.3 is 9.47 Å². The van der Waals surface area contributed by atoms with Crippen molar-refractivity contribution < 1.29 is 14.3 Å². The van der Waals surface area contributed by atoms with Gasteiger partial charge in [-0.15, -0.1) is 0 Å². The Morgan fingerprint density at radius 1 is 0.500 bits per heavy atom. The van der Waals surface area contributed by atoms with E-state index in [1.54, 1.807) is 0 Å². The lowest BCUT2D eigenvalue weighted by molar-refractivity contribution is 0.0528. The number of ether oxygens (including phenoxy) is 2. The zero-order valence-electron chi connectivity index (χ0n) is 23.9. The summed E-state index contributed by atoms with van der Waals surface area (Å²) in [5, 5.41) is 0. The van der Waals surface area contributed by atoms with Crippen molar-refractivity contribution in [2.75, 3.05) is 13.2 Å². The molecule has 0 fully saturated rings. The normalized spacial score (nSPS) is 12.4. The van der Waals surface area contributed by atoms with Crippen LogP contribution in [-0.2, 0) is 9.47 Å². The minimum Gasteiger partial charge on any atom is -0.434 e. The average molecular weight is 535 g/mol. The molecule has 0 radical (unpaired) electrons. The lowest BCUT2D eigenvalue weighted by Crippen LogP contribution is -2.10. The fraction of sp³-hybridized carbons (Fsp3) is 0.324. The summed E-state index contributed by atoms with van der Waals surface area (Å²) in [6, 6.07) is 38.9. The van der Waals surface area contributed by atoms with Crippen LogP contribution in [0.15, 0.2) is 109 Å². The minimum atomic E-state index is -0.559. The quantitative estimate of drug-likeness (QED) is 0.119. The molecular formula is C37H42O3. The Balaban J connectivity index is 1.15. The molecule has 0 aliphatic carbocycles. The average Bonchev–Trinajstić information content (AvgIpc) is 2.99. The Hall–Kier alpha value is -3.85. The predicted octanol–water partition coefficient (Wildman–Crippen LogP) is 9.76. The second-order valence-electron chi connectivity index (χ2n) is 10.7. The van der Waals surface area contributed by atoms with E-state index in [9.17, 15) is 4.79 Å². The maximum atomic E-state index is 12.1. The molecule has 0 heterocycles. The molecule has 0 spiro atoms. The summed E-state index contributed by atoms with van der Waals surface area (Å²) in [4.78, 5) is 12.1. The van der Waals surface area contributed by atoms with Gasteiger partial charge in [-0.05, 0) is 74.6 Å². The first-order chi connectivity index (χ1) is 19.6. The number of aryl methyl sites for hydroxylation is 2. The zero-order chi connectivity index (χ0) is 28.0. The fourth-order valence-electron chi connectivity index (χ4n) is 5.27. The molecule has 0 saturated heterocycles. The summed E-state index contributed by atoms with van der Waals surface area (Å²) in [5.74, 6) is 0.682. The smallest absolute Gasteiger partial charge is 0.434 e. The highest BCUT2D eigenvalue weighted by Gasteiger charge is 2.15. The highest BCUT2D eigenvalue weighted by Crippen LogP contribution is 2.31. The van der Waals surface area contributed by atoms with Crippen LogP contribution in [0.3, 0.4) is 0 Å². The summed E-state index contributed by atoms with van der Waals surface area (Å²) in [6.07, 6.45) is 5.04. The molecule has 2 unspecified atom stereocenters. The van der Waals surface area contributed by atoms with Gasteiger partial charge in [-0.25, -0.2) is 4.79 Å². The number of carbonyl (C=O) groups is 1. The first-order valence-electron chi connectivity index (χ1n) is 14.6. The Morgan fingerprint density at radius 2 is 0.850 bits per heavy atom. The van der Waals surface area contributed by atoms with Crippen LogP contribution in [0.2, 0.25) is 0 Å². The molecule has 3 nitrogen and oxygen atoms in total. The third-order valence-corrected chi connectivity index (χ3v) is 7.58. The van der Waals surface area contributed by atoms with Gasteiger partial charge in [0.2, 0.25) is 0 Å². The molecule has 2 atom stereocenters. The number of carbonyl (C=O) groups excluding carboxylic acids is 1. The molecule has 0 amide bonds. The molecule has 0 saturated carbocycles. The lowest BCUT2D eigenvalue weighted by Gasteiger charge is -2.18. The molecule has 0 N–H and O–H groups in total. The predicted molar refractivity (Wildman–Crippen MR) is 164 cm³/mol. The van der Waals surface area contributed by atoms with Gasteiger partial charge in [0.25, 0.3) is 0 Å². The number of unbranched alkanes of at least 4 members (excludes halogenated alkanes) is 2. The van der Waals surface area contributed by atoms with Crippen LogP contribution in [0.5, 0.6) is 0 Å². The molecular weight excluding hydrogens is 492 g/mol. The number of rotatable bonds is 14. The molecule has 0 bridgehead atoms. The second kappa shape index (κ2) is 15.7. The van der Waals surface area contributed by atoms with Gasteiger partial charge in [0.15, 0.2) is 0 Å². The third-order valence-electron chi connectivity index (χ3n) is 7.58. The third kappa shape index (κ3) is 9.12. The molecule has 4 rings (SSSR count). The summed E-state index contributed by atoms with van der Waals surface area (Å²) in [5.41, 5.74) is 7.84.